The van der Waals surface area contributed by atoms with Crippen LogP contribution in [-0.4, -0.2) is 70.3 Å². The van der Waals surface area contributed by atoms with E-state index in [4.69, 9.17) is 9.84 Å². The minimum absolute atomic E-state index is 0.0649. The number of halogens is 1. The van der Waals surface area contributed by atoms with Crippen molar-refractivity contribution in [3.63, 3.8) is 0 Å². The first-order valence-electron chi connectivity index (χ1n) is 9.64. The highest BCUT2D eigenvalue weighted by Crippen LogP contribution is 2.27. The molecule has 1 amide bonds. The van der Waals surface area contributed by atoms with Crippen LogP contribution in [0.15, 0.2) is 47.3 Å². The van der Waals surface area contributed by atoms with Crippen LogP contribution >= 0.6 is 0 Å². The minimum Gasteiger partial charge on any atom is -0.437 e. The number of nitrogens with zero attached hydrogens (tertiary/aromatic N) is 3. The van der Waals surface area contributed by atoms with E-state index in [1.165, 1.54) is 18.2 Å². The topological polar surface area (TPSA) is 98.8 Å². The number of H-pyrrole nitrogens is 1. The van der Waals surface area contributed by atoms with Crippen molar-refractivity contribution >= 4 is 16.7 Å². The summed E-state index contributed by atoms with van der Waals surface area (Å²) in [6.45, 7) is 2.77. The Bertz CT molecular complexity index is 1130. The maximum Gasteiger partial charge on any atom is 0.272 e. The number of hydrogen-bond acceptors (Lipinski definition) is 6. The number of hydrogen-bond donors (Lipinski definition) is 2. The zero-order valence-corrected chi connectivity index (χ0v) is 16.2. The fraction of sp³-hybridized carbons (Fsp3) is 0.286. The summed E-state index contributed by atoms with van der Waals surface area (Å²) in [4.78, 5) is 28.4. The summed E-state index contributed by atoms with van der Waals surface area (Å²) in [7, 11) is 0. The predicted molar refractivity (Wildman–Crippen MR) is 108 cm³/mol. The van der Waals surface area contributed by atoms with Crippen LogP contribution < -0.4 is 10.3 Å². The molecule has 1 aliphatic rings. The van der Waals surface area contributed by atoms with E-state index >= 15 is 0 Å². The molecular formula is C21H21FN4O4. The summed E-state index contributed by atoms with van der Waals surface area (Å²) in [6, 6.07) is 10.8. The number of aromatic amines is 1. The molecule has 9 heteroatoms. The number of aliphatic hydroxyl groups is 1. The van der Waals surface area contributed by atoms with E-state index in [0.29, 0.717) is 43.5 Å². The minimum atomic E-state index is -0.635. The van der Waals surface area contributed by atoms with Gasteiger partial charge in [-0.1, -0.05) is 12.1 Å². The number of β-amino-alcohol motifs (C(OH)–C–C–N with tert-alkyl or cyclic N) is 1. The third-order valence-corrected chi connectivity index (χ3v) is 5.12. The molecule has 1 aromatic heterocycles. The molecule has 0 saturated carbocycles. The molecule has 156 valence electrons. The number of ether oxygens (including phenoxy) is 1. The van der Waals surface area contributed by atoms with Crippen molar-refractivity contribution in [3.8, 4) is 11.6 Å². The number of nitrogens with one attached hydrogen (secondary N) is 1. The van der Waals surface area contributed by atoms with Gasteiger partial charge in [-0.05, 0) is 30.3 Å². The number of benzene rings is 2. The molecule has 0 radical (unpaired) electrons. The Morgan fingerprint density at radius 3 is 2.60 bits per heavy atom. The van der Waals surface area contributed by atoms with Crippen molar-refractivity contribution in [1.29, 1.82) is 0 Å². The molecule has 0 atom stereocenters. The zero-order valence-electron chi connectivity index (χ0n) is 16.2. The average Bonchev–Trinajstić information content (AvgIpc) is 2.77. The number of carbonyl (C=O) groups is 1. The van der Waals surface area contributed by atoms with Gasteiger partial charge in [-0.15, -0.1) is 5.10 Å². The fourth-order valence-corrected chi connectivity index (χ4v) is 3.50. The Balaban J connectivity index is 1.57. The third-order valence-electron chi connectivity index (χ3n) is 5.12. The summed E-state index contributed by atoms with van der Waals surface area (Å²) in [5.74, 6) is -0.651. The van der Waals surface area contributed by atoms with E-state index in [0.717, 1.165) is 0 Å². The normalized spacial score (nSPS) is 14.8. The first-order chi connectivity index (χ1) is 14.6. The maximum absolute atomic E-state index is 14.4. The van der Waals surface area contributed by atoms with Gasteiger partial charge in [0.2, 0.25) is 5.88 Å². The predicted octanol–water partition coefficient (Wildman–Crippen LogP) is 1.60. The van der Waals surface area contributed by atoms with Crippen molar-refractivity contribution in [2.75, 3.05) is 39.3 Å². The number of aliphatic hydroxyl groups excluding tert-OH is 1. The van der Waals surface area contributed by atoms with Gasteiger partial charge in [0.05, 0.1) is 22.9 Å². The average molecular weight is 412 g/mol. The number of fused-ring (bicyclic) bond motifs is 1. The van der Waals surface area contributed by atoms with Gasteiger partial charge in [-0.2, -0.15) is 0 Å². The summed E-state index contributed by atoms with van der Waals surface area (Å²) in [6.07, 6.45) is 0. The summed E-state index contributed by atoms with van der Waals surface area (Å²) in [5.41, 5.74) is -0.426. The Morgan fingerprint density at radius 2 is 1.87 bits per heavy atom. The standard InChI is InChI=1S/C21H21FN4O4/c22-18-6-5-14(30-20-16-4-2-1-3-15(16)19(28)23-24-20)13-17(18)21(29)26-9-7-25(8-10-26)11-12-27/h1-6,13,27H,7-12H2,(H,23,28). The molecule has 2 aromatic carbocycles. The highest BCUT2D eigenvalue weighted by molar-refractivity contribution is 5.95. The molecule has 2 N–H and O–H groups in total. The Kier molecular flexibility index (Phi) is 5.73. The molecule has 0 bridgehead atoms. The van der Waals surface area contributed by atoms with E-state index in [-0.39, 0.29) is 29.4 Å². The Labute approximate surface area is 171 Å². The molecule has 0 spiro atoms. The maximum atomic E-state index is 14.4. The van der Waals surface area contributed by atoms with E-state index in [1.54, 1.807) is 29.2 Å². The van der Waals surface area contributed by atoms with Crippen LogP contribution in [0.3, 0.4) is 0 Å². The number of piperazine rings is 1. The molecule has 2 heterocycles. The van der Waals surface area contributed by atoms with Gasteiger partial charge in [-0.3, -0.25) is 14.5 Å². The summed E-state index contributed by atoms with van der Waals surface area (Å²) < 4.78 is 20.2. The number of carbonyl (C=O) groups excluding carboxylic acids is 1. The molecular weight excluding hydrogens is 391 g/mol. The van der Waals surface area contributed by atoms with Crippen molar-refractivity contribution < 1.29 is 19.0 Å². The number of aromatic nitrogens is 2. The number of amides is 1. The van der Waals surface area contributed by atoms with Crippen LogP contribution in [0.5, 0.6) is 11.6 Å². The first-order valence-corrected chi connectivity index (χ1v) is 9.64. The van der Waals surface area contributed by atoms with Crippen LogP contribution in [0.4, 0.5) is 4.39 Å². The van der Waals surface area contributed by atoms with Crippen molar-refractivity contribution in [2.24, 2.45) is 0 Å². The lowest BCUT2D eigenvalue weighted by Gasteiger charge is -2.34. The van der Waals surface area contributed by atoms with E-state index in [1.807, 2.05) is 4.90 Å². The highest BCUT2D eigenvalue weighted by atomic mass is 19.1. The SMILES string of the molecule is O=C(c1cc(Oc2n[nH]c(=O)c3ccccc23)ccc1F)N1CCN(CCO)CC1. The second-order valence-corrected chi connectivity index (χ2v) is 7.00. The second-order valence-electron chi connectivity index (χ2n) is 7.00. The van der Waals surface area contributed by atoms with Gasteiger partial charge in [0, 0.05) is 32.7 Å². The van der Waals surface area contributed by atoms with E-state index < -0.39 is 11.7 Å². The monoisotopic (exact) mass is 412 g/mol. The van der Waals surface area contributed by atoms with Gasteiger partial charge in [0.1, 0.15) is 11.6 Å². The van der Waals surface area contributed by atoms with Gasteiger partial charge in [0.25, 0.3) is 11.5 Å². The molecule has 0 aliphatic carbocycles. The molecule has 30 heavy (non-hydrogen) atoms. The summed E-state index contributed by atoms with van der Waals surface area (Å²) in [5, 5.41) is 16.3. The zero-order chi connectivity index (χ0) is 21.1. The molecule has 0 unspecified atom stereocenters. The van der Waals surface area contributed by atoms with Crippen molar-refractivity contribution in [2.45, 2.75) is 0 Å². The second kappa shape index (κ2) is 8.60. The lowest BCUT2D eigenvalue weighted by molar-refractivity contribution is 0.0610. The van der Waals surface area contributed by atoms with Crippen molar-refractivity contribution in [1.82, 2.24) is 20.0 Å². The molecule has 1 aliphatic heterocycles. The largest absolute Gasteiger partial charge is 0.437 e. The van der Waals surface area contributed by atoms with Gasteiger partial charge in [0.15, 0.2) is 0 Å². The van der Waals surface area contributed by atoms with Crippen LogP contribution in [0.2, 0.25) is 0 Å². The lowest BCUT2D eigenvalue weighted by atomic mass is 10.1. The quantitative estimate of drug-likeness (QED) is 0.661. The lowest BCUT2D eigenvalue weighted by Crippen LogP contribution is -2.49. The molecule has 4 rings (SSSR count). The van der Waals surface area contributed by atoms with Gasteiger partial charge < -0.3 is 14.7 Å². The molecule has 8 nitrogen and oxygen atoms in total. The van der Waals surface area contributed by atoms with E-state index in [2.05, 4.69) is 10.2 Å². The fourth-order valence-electron chi connectivity index (χ4n) is 3.50. The Morgan fingerprint density at radius 1 is 1.13 bits per heavy atom. The third kappa shape index (κ3) is 4.03. The van der Waals surface area contributed by atoms with Gasteiger partial charge in [-0.25, -0.2) is 9.49 Å². The number of rotatable bonds is 5. The molecule has 3 aromatic rings. The van der Waals surface area contributed by atoms with Crippen LogP contribution in [0, 0.1) is 5.82 Å². The highest BCUT2D eigenvalue weighted by Gasteiger charge is 2.24. The van der Waals surface area contributed by atoms with E-state index in [9.17, 15) is 14.0 Å². The first kappa shape index (κ1) is 20.0. The Hall–Kier alpha value is -3.30. The summed E-state index contributed by atoms with van der Waals surface area (Å²) >= 11 is 0. The van der Waals surface area contributed by atoms with Crippen LogP contribution in [0.1, 0.15) is 10.4 Å². The van der Waals surface area contributed by atoms with Gasteiger partial charge >= 0.3 is 0 Å². The van der Waals surface area contributed by atoms with Crippen LogP contribution in [0.25, 0.3) is 10.8 Å². The molecule has 1 fully saturated rings. The van der Waals surface area contributed by atoms with Crippen LogP contribution in [-0.2, 0) is 0 Å². The smallest absolute Gasteiger partial charge is 0.272 e. The van der Waals surface area contributed by atoms with Crippen molar-refractivity contribution in [3.05, 3.63) is 64.2 Å². The molecule has 1 saturated heterocycles.